The van der Waals surface area contributed by atoms with Crippen molar-refractivity contribution in [2.24, 2.45) is 0 Å². The van der Waals surface area contributed by atoms with Crippen LogP contribution in [0.3, 0.4) is 0 Å². The van der Waals surface area contributed by atoms with Gasteiger partial charge >= 0.3 is 0 Å². The molecule has 0 spiro atoms. The van der Waals surface area contributed by atoms with Gasteiger partial charge in [0.05, 0.1) is 29.0 Å². The summed E-state index contributed by atoms with van der Waals surface area (Å²) in [7, 11) is -3.05. The molecular weight excluding hydrogens is 368 g/mol. The molecule has 0 saturated carbocycles. The first-order chi connectivity index (χ1) is 12.8. The average Bonchev–Trinajstić information content (AvgIpc) is 2.95. The van der Waals surface area contributed by atoms with Gasteiger partial charge in [-0.05, 0) is 36.8 Å². The van der Waals surface area contributed by atoms with Crippen molar-refractivity contribution >= 4 is 38.7 Å². The smallest absolute Gasteiger partial charge is 0.253 e. The molecule has 1 saturated heterocycles. The summed E-state index contributed by atoms with van der Waals surface area (Å²) >= 11 is 0. The number of rotatable bonds is 5. The first-order valence-corrected chi connectivity index (χ1v) is 10.2. The van der Waals surface area contributed by atoms with Crippen molar-refractivity contribution < 1.29 is 18.0 Å². The number of carbonyl (C=O) groups is 2. The monoisotopic (exact) mass is 388 g/mol. The first kappa shape index (κ1) is 18.8. The van der Waals surface area contributed by atoms with Crippen molar-refractivity contribution in [1.29, 1.82) is 0 Å². The molecular formula is C18H20N4O4S. The summed E-state index contributed by atoms with van der Waals surface area (Å²) in [5.74, 6) is -0.417. The van der Waals surface area contributed by atoms with Gasteiger partial charge in [0.25, 0.3) is 5.91 Å². The Bertz CT molecular complexity index is 958. The summed E-state index contributed by atoms with van der Waals surface area (Å²) in [5.41, 5.74) is 2.42. The fraction of sp³-hybridized carbons (Fsp3) is 0.278. The topological polar surface area (TPSA) is 117 Å². The van der Waals surface area contributed by atoms with Gasteiger partial charge in [-0.25, -0.2) is 8.42 Å². The number of hydrogen-bond donors (Lipinski definition) is 3. The highest BCUT2D eigenvalue weighted by atomic mass is 32.2. The standard InChI is InChI=1S/C18H20N4O4S/c1-12(23)20-14-2-4-15(5-3-14)21-17-8-13(9-19-10-17)18(24)22-16-6-7-27(25,26)11-16/h2-5,8-10,16,21H,6-7,11H2,1H3,(H,20,23)(H,22,24). The summed E-state index contributed by atoms with van der Waals surface area (Å²) in [5, 5.41) is 8.56. The van der Waals surface area contributed by atoms with E-state index in [0.29, 0.717) is 23.4 Å². The van der Waals surface area contributed by atoms with Crippen molar-refractivity contribution in [3.63, 3.8) is 0 Å². The number of amides is 2. The molecule has 0 aliphatic carbocycles. The van der Waals surface area contributed by atoms with E-state index in [2.05, 4.69) is 20.9 Å². The third-order valence-electron chi connectivity index (χ3n) is 4.06. The molecule has 3 N–H and O–H groups in total. The maximum Gasteiger partial charge on any atom is 0.253 e. The molecule has 1 aliphatic heterocycles. The fourth-order valence-electron chi connectivity index (χ4n) is 2.82. The average molecular weight is 388 g/mol. The van der Waals surface area contributed by atoms with Crippen LogP contribution in [0.4, 0.5) is 17.1 Å². The highest BCUT2D eigenvalue weighted by molar-refractivity contribution is 7.91. The number of benzene rings is 1. The zero-order valence-corrected chi connectivity index (χ0v) is 15.5. The molecule has 1 fully saturated rings. The number of hydrogen-bond acceptors (Lipinski definition) is 6. The number of aromatic nitrogens is 1. The Labute approximate surface area is 157 Å². The van der Waals surface area contributed by atoms with Crippen LogP contribution >= 0.6 is 0 Å². The van der Waals surface area contributed by atoms with Crippen molar-refractivity contribution in [2.75, 3.05) is 22.1 Å². The first-order valence-electron chi connectivity index (χ1n) is 8.42. The van der Waals surface area contributed by atoms with Gasteiger partial charge in [0.15, 0.2) is 9.84 Å². The van der Waals surface area contributed by atoms with Crippen LogP contribution in [0.15, 0.2) is 42.7 Å². The second-order valence-corrected chi connectivity index (χ2v) is 8.65. The molecule has 2 amide bonds. The Hall–Kier alpha value is -2.94. The number of sulfone groups is 1. The molecule has 1 aliphatic rings. The van der Waals surface area contributed by atoms with Crippen LogP contribution < -0.4 is 16.0 Å². The zero-order valence-electron chi connectivity index (χ0n) is 14.7. The quantitative estimate of drug-likeness (QED) is 0.718. The van der Waals surface area contributed by atoms with Crippen LogP contribution in [0.2, 0.25) is 0 Å². The van der Waals surface area contributed by atoms with E-state index in [-0.39, 0.29) is 29.4 Å². The van der Waals surface area contributed by atoms with Gasteiger partial charge in [0.2, 0.25) is 5.91 Å². The predicted octanol–water partition coefficient (Wildman–Crippen LogP) is 1.70. The third kappa shape index (κ3) is 5.27. The van der Waals surface area contributed by atoms with Gasteiger partial charge in [-0.15, -0.1) is 0 Å². The van der Waals surface area contributed by atoms with Crippen molar-refractivity contribution in [2.45, 2.75) is 19.4 Å². The van der Waals surface area contributed by atoms with Crippen LogP contribution in [-0.4, -0.2) is 42.8 Å². The lowest BCUT2D eigenvalue weighted by Crippen LogP contribution is -2.35. The van der Waals surface area contributed by atoms with E-state index in [9.17, 15) is 18.0 Å². The molecule has 9 heteroatoms. The van der Waals surface area contributed by atoms with E-state index in [1.54, 1.807) is 36.5 Å². The lowest BCUT2D eigenvalue weighted by Gasteiger charge is -2.12. The van der Waals surface area contributed by atoms with Gasteiger partial charge in [0, 0.05) is 30.5 Å². The fourth-order valence-corrected chi connectivity index (χ4v) is 4.49. The number of anilines is 3. The molecule has 142 valence electrons. The number of nitrogens with zero attached hydrogens (tertiary/aromatic N) is 1. The van der Waals surface area contributed by atoms with Crippen LogP contribution in [0.5, 0.6) is 0 Å². The number of pyridine rings is 1. The lowest BCUT2D eigenvalue weighted by molar-refractivity contribution is -0.114. The summed E-state index contributed by atoms with van der Waals surface area (Å²) in [4.78, 5) is 27.5. The van der Waals surface area contributed by atoms with E-state index in [0.717, 1.165) is 5.69 Å². The van der Waals surface area contributed by atoms with Gasteiger partial charge < -0.3 is 16.0 Å². The summed E-state index contributed by atoms with van der Waals surface area (Å²) in [6, 6.07) is 8.39. The maximum atomic E-state index is 12.3. The van der Waals surface area contributed by atoms with Crippen LogP contribution in [0.25, 0.3) is 0 Å². The predicted molar refractivity (Wildman–Crippen MR) is 103 cm³/mol. The van der Waals surface area contributed by atoms with Crippen LogP contribution in [-0.2, 0) is 14.6 Å². The van der Waals surface area contributed by atoms with E-state index in [1.807, 2.05) is 0 Å². The second-order valence-electron chi connectivity index (χ2n) is 6.42. The molecule has 1 aromatic heterocycles. The Morgan fingerprint density at radius 2 is 1.78 bits per heavy atom. The molecule has 8 nitrogen and oxygen atoms in total. The SMILES string of the molecule is CC(=O)Nc1ccc(Nc2cncc(C(=O)NC3CCS(=O)(=O)C3)c2)cc1. The summed E-state index contributed by atoms with van der Waals surface area (Å²) < 4.78 is 23.0. The maximum absolute atomic E-state index is 12.3. The van der Waals surface area contributed by atoms with E-state index >= 15 is 0 Å². The Kier molecular flexibility index (Phi) is 5.41. The largest absolute Gasteiger partial charge is 0.354 e. The van der Waals surface area contributed by atoms with Gasteiger partial charge in [-0.1, -0.05) is 0 Å². The van der Waals surface area contributed by atoms with Gasteiger partial charge in [0.1, 0.15) is 0 Å². The minimum Gasteiger partial charge on any atom is -0.354 e. The normalized spacial score (nSPS) is 17.9. The molecule has 2 aromatic rings. The lowest BCUT2D eigenvalue weighted by atomic mass is 10.2. The molecule has 2 heterocycles. The van der Waals surface area contributed by atoms with E-state index in [4.69, 9.17) is 0 Å². The zero-order chi connectivity index (χ0) is 19.4. The third-order valence-corrected chi connectivity index (χ3v) is 5.83. The number of nitrogens with one attached hydrogen (secondary N) is 3. The Balaban J connectivity index is 1.64. The summed E-state index contributed by atoms with van der Waals surface area (Å²) in [6.45, 7) is 1.44. The molecule has 1 aromatic carbocycles. The molecule has 1 atom stereocenters. The minimum absolute atomic E-state index is 0.0231. The molecule has 1 unspecified atom stereocenters. The van der Waals surface area contributed by atoms with Crippen molar-refractivity contribution in [3.05, 3.63) is 48.3 Å². The highest BCUT2D eigenvalue weighted by Crippen LogP contribution is 2.19. The van der Waals surface area contributed by atoms with Gasteiger partial charge in [-0.2, -0.15) is 0 Å². The Morgan fingerprint density at radius 3 is 2.41 bits per heavy atom. The van der Waals surface area contributed by atoms with Crippen molar-refractivity contribution in [1.82, 2.24) is 10.3 Å². The van der Waals surface area contributed by atoms with Gasteiger partial charge in [-0.3, -0.25) is 14.6 Å². The van der Waals surface area contributed by atoms with Crippen molar-refractivity contribution in [3.8, 4) is 0 Å². The van der Waals surface area contributed by atoms with E-state index in [1.165, 1.54) is 13.1 Å². The molecule has 3 rings (SSSR count). The second kappa shape index (κ2) is 7.75. The minimum atomic E-state index is -3.05. The summed E-state index contributed by atoms with van der Waals surface area (Å²) in [6.07, 6.45) is 3.45. The number of carbonyl (C=O) groups excluding carboxylic acids is 2. The molecule has 27 heavy (non-hydrogen) atoms. The van der Waals surface area contributed by atoms with E-state index < -0.39 is 9.84 Å². The van der Waals surface area contributed by atoms with Crippen LogP contribution in [0, 0.1) is 0 Å². The molecule has 0 radical (unpaired) electrons. The highest BCUT2D eigenvalue weighted by Gasteiger charge is 2.29. The van der Waals surface area contributed by atoms with Crippen LogP contribution in [0.1, 0.15) is 23.7 Å². The molecule has 0 bridgehead atoms. The Morgan fingerprint density at radius 1 is 1.07 bits per heavy atom.